The molecule has 5 heteroatoms. The Balaban J connectivity index is 2.02. The van der Waals surface area contributed by atoms with Crippen LogP contribution in [0.15, 0.2) is 42.5 Å². The molecule has 0 aliphatic carbocycles. The predicted molar refractivity (Wildman–Crippen MR) is 94.2 cm³/mol. The number of rotatable bonds is 6. The van der Waals surface area contributed by atoms with Crippen molar-refractivity contribution >= 4 is 16.7 Å². The molecular formula is C18H22N4O. The van der Waals surface area contributed by atoms with Gasteiger partial charge in [-0.2, -0.15) is 0 Å². The van der Waals surface area contributed by atoms with Crippen LogP contribution in [0, 0.1) is 6.92 Å². The van der Waals surface area contributed by atoms with Gasteiger partial charge in [0, 0.05) is 24.3 Å². The number of benzene rings is 2. The van der Waals surface area contributed by atoms with Gasteiger partial charge in [-0.25, -0.2) is 4.98 Å². The molecule has 1 aromatic heterocycles. The summed E-state index contributed by atoms with van der Waals surface area (Å²) in [5.41, 5.74) is 16.5. The van der Waals surface area contributed by atoms with Crippen LogP contribution >= 0.6 is 0 Å². The third-order valence-electron chi connectivity index (χ3n) is 3.91. The van der Waals surface area contributed by atoms with Crippen LogP contribution in [0.4, 0.5) is 5.69 Å². The van der Waals surface area contributed by atoms with E-state index in [2.05, 4.69) is 16.7 Å². The molecule has 0 aliphatic heterocycles. The highest BCUT2D eigenvalue weighted by molar-refractivity contribution is 5.81. The van der Waals surface area contributed by atoms with Crippen LogP contribution in [0.1, 0.15) is 5.56 Å². The second-order valence-corrected chi connectivity index (χ2v) is 5.55. The number of nitrogens with two attached hydrogens (primary N) is 2. The lowest BCUT2D eigenvalue weighted by Crippen LogP contribution is -2.13. The van der Waals surface area contributed by atoms with E-state index in [1.165, 1.54) is 0 Å². The maximum absolute atomic E-state index is 6.07. The van der Waals surface area contributed by atoms with E-state index in [0.29, 0.717) is 19.8 Å². The number of ether oxygens (including phenoxy) is 1. The fraction of sp³-hybridized carbons (Fsp3) is 0.278. The van der Waals surface area contributed by atoms with E-state index < -0.39 is 0 Å². The summed E-state index contributed by atoms with van der Waals surface area (Å²) in [5, 5.41) is 0. The summed E-state index contributed by atoms with van der Waals surface area (Å²) in [6, 6.07) is 14.2. The molecule has 5 nitrogen and oxygen atoms in total. The second kappa shape index (κ2) is 6.81. The summed E-state index contributed by atoms with van der Waals surface area (Å²) in [7, 11) is 0. The highest BCUT2D eigenvalue weighted by Gasteiger charge is 2.12. The fourth-order valence-corrected chi connectivity index (χ4v) is 2.64. The van der Waals surface area contributed by atoms with Crippen molar-refractivity contribution in [2.75, 3.05) is 25.5 Å². The average Bonchev–Trinajstić information content (AvgIpc) is 2.93. The Hall–Kier alpha value is -2.37. The minimum atomic E-state index is 0.534. The molecular weight excluding hydrogens is 288 g/mol. The number of para-hydroxylation sites is 2. The number of hydrogen-bond acceptors (Lipinski definition) is 4. The Labute approximate surface area is 135 Å². The van der Waals surface area contributed by atoms with E-state index in [0.717, 1.165) is 40.2 Å². The summed E-state index contributed by atoms with van der Waals surface area (Å²) in [5.74, 6) is 0.911. The van der Waals surface area contributed by atoms with E-state index in [1.54, 1.807) is 0 Å². The molecule has 23 heavy (non-hydrogen) atoms. The molecule has 0 fully saturated rings. The van der Waals surface area contributed by atoms with Crippen LogP contribution < -0.4 is 11.5 Å². The third-order valence-corrected chi connectivity index (χ3v) is 3.91. The molecule has 1 heterocycles. The molecule has 0 spiro atoms. The normalized spacial score (nSPS) is 11.2. The number of anilines is 1. The van der Waals surface area contributed by atoms with Gasteiger partial charge in [-0.3, -0.25) is 0 Å². The Bertz CT molecular complexity index is 810. The quantitative estimate of drug-likeness (QED) is 0.542. The molecule has 0 saturated heterocycles. The number of hydrogen-bond donors (Lipinski definition) is 2. The Morgan fingerprint density at radius 3 is 2.74 bits per heavy atom. The van der Waals surface area contributed by atoms with E-state index in [-0.39, 0.29) is 0 Å². The highest BCUT2D eigenvalue weighted by Crippen LogP contribution is 2.27. The first-order valence-electron chi connectivity index (χ1n) is 7.80. The van der Waals surface area contributed by atoms with Crippen molar-refractivity contribution < 1.29 is 4.74 Å². The summed E-state index contributed by atoms with van der Waals surface area (Å²) in [6.07, 6.45) is 0. The number of nitrogen functional groups attached to an aromatic ring is 1. The van der Waals surface area contributed by atoms with Gasteiger partial charge in [0.05, 0.1) is 24.2 Å². The number of imidazole rings is 1. The van der Waals surface area contributed by atoms with Gasteiger partial charge in [-0.1, -0.05) is 24.3 Å². The number of nitrogens with zero attached hydrogens (tertiary/aromatic N) is 2. The first-order chi connectivity index (χ1) is 11.2. The van der Waals surface area contributed by atoms with Gasteiger partial charge in [0.2, 0.25) is 0 Å². The minimum Gasteiger partial charge on any atom is -0.398 e. The molecule has 3 rings (SSSR count). The van der Waals surface area contributed by atoms with Crippen molar-refractivity contribution in [3.63, 3.8) is 0 Å². The fourth-order valence-electron chi connectivity index (χ4n) is 2.64. The number of fused-ring (bicyclic) bond motifs is 1. The molecule has 0 bridgehead atoms. The maximum atomic E-state index is 6.07. The molecule has 3 aromatic rings. The van der Waals surface area contributed by atoms with Crippen molar-refractivity contribution in [2.24, 2.45) is 5.73 Å². The van der Waals surface area contributed by atoms with Crippen molar-refractivity contribution in [2.45, 2.75) is 13.5 Å². The lowest BCUT2D eigenvalue weighted by atomic mass is 10.1. The zero-order chi connectivity index (χ0) is 16.2. The monoisotopic (exact) mass is 310 g/mol. The van der Waals surface area contributed by atoms with Gasteiger partial charge in [0.1, 0.15) is 5.82 Å². The van der Waals surface area contributed by atoms with Crippen molar-refractivity contribution in [3.05, 3.63) is 48.0 Å². The summed E-state index contributed by atoms with van der Waals surface area (Å²) < 4.78 is 7.72. The summed E-state index contributed by atoms with van der Waals surface area (Å²) in [4.78, 5) is 4.78. The zero-order valence-electron chi connectivity index (χ0n) is 13.3. The largest absolute Gasteiger partial charge is 0.398 e. The van der Waals surface area contributed by atoms with E-state index in [1.807, 2.05) is 37.3 Å². The molecule has 120 valence electrons. The smallest absolute Gasteiger partial charge is 0.141 e. The third kappa shape index (κ3) is 3.21. The van der Waals surface area contributed by atoms with Crippen molar-refractivity contribution in [3.8, 4) is 11.4 Å². The van der Waals surface area contributed by atoms with E-state index in [9.17, 15) is 0 Å². The molecule has 0 amide bonds. The number of aryl methyl sites for hydroxylation is 1. The minimum absolute atomic E-state index is 0.534. The highest BCUT2D eigenvalue weighted by atomic mass is 16.5. The maximum Gasteiger partial charge on any atom is 0.141 e. The van der Waals surface area contributed by atoms with Gasteiger partial charge in [0.15, 0.2) is 0 Å². The summed E-state index contributed by atoms with van der Waals surface area (Å²) in [6.45, 7) is 4.43. The standard InChI is InChI=1S/C18H22N4O/c1-13-6-7-14(12-15(13)20)18-21-16-4-2-3-5-17(16)22(18)9-11-23-10-8-19/h2-7,12H,8-11,19-20H2,1H3. The molecule has 0 saturated carbocycles. The Kier molecular flexibility index (Phi) is 4.60. The van der Waals surface area contributed by atoms with Gasteiger partial charge >= 0.3 is 0 Å². The predicted octanol–water partition coefficient (Wildman–Crippen LogP) is 2.57. The Morgan fingerprint density at radius 1 is 1.13 bits per heavy atom. The van der Waals surface area contributed by atoms with Gasteiger partial charge in [-0.15, -0.1) is 0 Å². The SMILES string of the molecule is Cc1ccc(-c2nc3ccccc3n2CCOCCN)cc1N. The zero-order valence-corrected chi connectivity index (χ0v) is 13.3. The van der Waals surface area contributed by atoms with Crippen molar-refractivity contribution in [1.82, 2.24) is 9.55 Å². The van der Waals surface area contributed by atoms with Crippen LogP contribution in [0.2, 0.25) is 0 Å². The van der Waals surface area contributed by atoms with E-state index in [4.69, 9.17) is 21.2 Å². The molecule has 0 atom stereocenters. The Morgan fingerprint density at radius 2 is 1.96 bits per heavy atom. The lowest BCUT2D eigenvalue weighted by molar-refractivity contribution is 0.134. The molecule has 0 unspecified atom stereocenters. The van der Waals surface area contributed by atoms with Crippen LogP contribution in [0.25, 0.3) is 22.4 Å². The molecule has 4 N–H and O–H groups in total. The first kappa shape index (κ1) is 15.5. The number of aromatic nitrogens is 2. The topological polar surface area (TPSA) is 79.1 Å². The van der Waals surface area contributed by atoms with E-state index >= 15 is 0 Å². The molecule has 2 aromatic carbocycles. The lowest BCUT2D eigenvalue weighted by Gasteiger charge is -2.11. The second-order valence-electron chi connectivity index (χ2n) is 5.55. The van der Waals surface area contributed by atoms with Gasteiger partial charge < -0.3 is 20.8 Å². The van der Waals surface area contributed by atoms with Crippen LogP contribution in [0.5, 0.6) is 0 Å². The average molecular weight is 310 g/mol. The van der Waals surface area contributed by atoms with Crippen molar-refractivity contribution in [1.29, 1.82) is 0 Å². The van der Waals surface area contributed by atoms with Gasteiger partial charge in [0.25, 0.3) is 0 Å². The molecule has 0 aliphatic rings. The first-order valence-corrected chi connectivity index (χ1v) is 7.80. The summed E-state index contributed by atoms with van der Waals surface area (Å²) >= 11 is 0. The van der Waals surface area contributed by atoms with Crippen LogP contribution in [-0.2, 0) is 11.3 Å². The van der Waals surface area contributed by atoms with Gasteiger partial charge in [-0.05, 0) is 30.7 Å². The van der Waals surface area contributed by atoms with Crippen LogP contribution in [0.3, 0.4) is 0 Å². The molecule has 0 radical (unpaired) electrons. The van der Waals surface area contributed by atoms with Crippen LogP contribution in [-0.4, -0.2) is 29.3 Å².